The molecule has 98 valence electrons. The van der Waals surface area contributed by atoms with E-state index in [0.29, 0.717) is 13.0 Å². The zero-order valence-electron chi connectivity index (χ0n) is 10.7. The van der Waals surface area contributed by atoms with E-state index in [1.807, 2.05) is 24.3 Å². The number of methoxy groups -OCH3 is 1. The normalized spacial score (nSPS) is 15.0. The summed E-state index contributed by atoms with van der Waals surface area (Å²) in [5.41, 5.74) is 0.883. The maximum absolute atomic E-state index is 11.9. The molecule has 1 aromatic rings. The van der Waals surface area contributed by atoms with Crippen molar-refractivity contribution in [1.82, 2.24) is 4.90 Å². The molecule has 0 atom stereocenters. The predicted octanol–water partition coefficient (Wildman–Crippen LogP) is 2.02. The van der Waals surface area contributed by atoms with Gasteiger partial charge < -0.3 is 4.74 Å². The maximum atomic E-state index is 11.9. The number of hydrogen-bond donors (Lipinski definition) is 0. The highest BCUT2D eigenvalue weighted by atomic mass is 16.5. The van der Waals surface area contributed by atoms with Crippen LogP contribution in [0.5, 0.6) is 5.75 Å². The summed E-state index contributed by atoms with van der Waals surface area (Å²) in [5, 5.41) is 0. The van der Waals surface area contributed by atoms with Crippen molar-refractivity contribution in [2.75, 3.05) is 13.7 Å². The van der Waals surface area contributed by atoms with Crippen LogP contribution in [0, 0.1) is 0 Å². The second kappa shape index (κ2) is 6.00. The number of rotatable bonds is 3. The van der Waals surface area contributed by atoms with Gasteiger partial charge in [-0.25, -0.2) is 0 Å². The highest BCUT2D eigenvalue weighted by molar-refractivity contribution is 6.06. The van der Waals surface area contributed by atoms with E-state index >= 15 is 0 Å². The number of carbonyl (C=O) groups excluding carboxylic acids is 2. The molecule has 0 radical (unpaired) electrons. The van der Waals surface area contributed by atoms with Crippen LogP contribution in [0.1, 0.15) is 12.0 Å². The zero-order chi connectivity index (χ0) is 13.7. The highest BCUT2D eigenvalue weighted by Gasteiger charge is 2.18. The number of carbonyl (C=O) groups is 2. The molecule has 2 rings (SSSR count). The van der Waals surface area contributed by atoms with Crippen LogP contribution in [0.15, 0.2) is 42.5 Å². The van der Waals surface area contributed by atoms with Gasteiger partial charge in [-0.2, -0.15) is 0 Å². The van der Waals surface area contributed by atoms with Crippen molar-refractivity contribution in [3.8, 4) is 5.75 Å². The van der Waals surface area contributed by atoms with Crippen molar-refractivity contribution in [3.05, 3.63) is 48.1 Å². The van der Waals surface area contributed by atoms with Crippen molar-refractivity contribution in [3.63, 3.8) is 0 Å². The van der Waals surface area contributed by atoms with Gasteiger partial charge in [0.25, 0.3) is 11.8 Å². The van der Waals surface area contributed by atoms with Crippen LogP contribution < -0.4 is 4.74 Å². The number of hydrogen-bond acceptors (Lipinski definition) is 3. The lowest BCUT2D eigenvalue weighted by Crippen LogP contribution is -2.37. The third-order valence-corrected chi connectivity index (χ3v) is 2.85. The molecular weight excluding hydrogens is 242 g/mol. The molecule has 1 heterocycles. The summed E-state index contributed by atoms with van der Waals surface area (Å²) in [6.07, 6.45) is 7.03. The fraction of sp³-hybridized carbons (Fsp3) is 0.200. The van der Waals surface area contributed by atoms with Gasteiger partial charge in [-0.1, -0.05) is 18.2 Å². The Morgan fingerprint density at radius 3 is 2.68 bits per heavy atom. The molecule has 19 heavy (non-hydrogen) atoms. The third kappa shape index (κ3) is 3.31. The molecule has 1 aromatic carbocycles. The Morgan fingerprint density at radius 2 is 2.05 bits per heavy atom. The standard InChI is InChI=1S/C15H15NO3/c1-19-13-8-5-12(6-9-13)7-10-15(18)16-11-3-2-4-14(16)17/h2,4-10H,3,11H2,1H3/b10-7-. The average molecular weight is 257 g/mol. The monoisotopic (exact) mass is 257 g/mol. The van der Waals surface area contributed by atoms with Crippen LogP contribution in [-0.2, 0) is 9.59 Å². The van der Waals surface area contributed by atoms with E-state index in [2.05, 4.69) is 0 Å². The maximum Gasteiger partial charge on any atom is 0.253 e. The van der Waals surface area contributed by atoms with E-state index in [-0.39, 0.29) is 11.8 Å². The summed E-state index contributed by atoms with van der Waals surface area (Å²) in [5.74, 6) is 0.223. The van der Waals surface area contributed by atoms with Gasteiger partial charge in [0.05, 0.1) is 7.11 Å². The van der Waals surface area contributed by atoms with Crippen LogP contribution in [0.4, 0.5) is 0 Å². The topological polar surface area (TPSA) is 46.6 Å². The Bertz CT molecular complexity index is 529. The number of benzene rings is 1. The first-order valence-electron chi connectivity index (χ1n) is 6.05. The van der Waals surface area contributed by atoms with Crippen LogP contribution >= 0.6 is 0 Å². The summed E-state index contributed by atoms with van der Waals surface area (Å²) in [7, 11) is 1.60. The van der Waals surface area contributed by atoms with Gasteiger partial charge in [0, 0.05) is 12.6 Å². The molecule has 0 aliphatic carbocycles. The van der Waals surface area contributed by atoms with Gasteiger partial charge in [-0.3, -0.25) is 14.5 Å². The summed E-state index contributed by atoms with van der Waals surface area (Å²) < 4.78 is 5.05. The molecule has 0 aromatic heterocycles. The molecule has 0 saturated heterocycles. The number of nitrogens with zero attached hydrogens (tertiary/aromatic N) is 1. The first kappa shape index (κ1) is 13.1. The molecular formula is C15H15NO3. The number of imide groups is 1. The Labute approximate surface area is 112 Å². The lowest BCUT2D eigenvalue weighted by atomic mass is 10.2. The molecule has 0 N–H and O–H groups in total. The minimum Gasteiger partial charge on any atom is -0.497 e. The van der Waals surface area contributed by atoms with Gasteiger partial charge in [-0.05, 0) is 36.3 Å². The van der Waals surface area contributed by atoms with Crippen LogP contribution in [-0.4, -0.2) is 30.4 Å². The lowest BCUT2D eigenvalue weighted by Gasteiger charge is -2.19. The largest absolute Gasteiger partial charge is 0.497 e. The second-order valence-corrected chi connectivity index (χ2v) is 4.13. The average Bonchev–Trinajstić information content (AvgIpc) is 2.46. The summed E-state index contributed by atoms with van der Waals surface area (Å²) >= 11 is 0. The molecule has 4 nitrogen and oxygen atoms in total. The molecule has 4 heteroatoms. The van der Waals surface area contributed by atoms with Crippen molar-refractivity contribution >= 4 is 17.9 Å². The Morgan fingerprint density at radius 1 is 1.32 bits per heavy atom. The second-order valence-electron chi connectivity index (χ2n) is 4.13. The first-order valence-corrected chi connectivity index (χ1v) is 6.05. The highest BCUT2D eigenvalue weighted by Crippen LogP contribution is 2.12. The van der Waals surface area contributed by atoms with E-state index in [9.17, 15) is 9.59 Å². The van der Waals surface area contributed by atoms with E-state index < -0.39 is 0 Å². The predicted molar refractivity (Wildman–Crippen MR) is 72.5 cm³/mol. The van der Waals surface area contributed by atoms with Crippen molar-refractivity contribution in [2.24, 2.45) is 0 Å². The first-order chi connectivity index (χ1) is 9.20. The third-order valence-electron chi connectivity index (χ3n) is 2.85. The Hall–Kier alpha value is -2.36. The molecule has 0 unspecified atom stereocenters. The lowest BCUT2D eigenvalue weighted by molar-refractivity contribution is -0.139. The van der Waals surface area contributed by atoms with Crippen LogP contribution in [0.3, 0.4) is 0 Å². The molecule has 0 fully saturated rings. The molecule has 0 spiro atoms. The fourth-order valence-corrected chi connectivity index (χ4v) is 1.78. The smallest absolute Gasteiger partial charge is 0.253 e. The van der Waals surface area contributed by atoms with Gasteiger partial charge in [0.15, 0.2) is 0 Å². The molecule has 2 amide bonds. The van der Waals surface area contributed by atoms with Gasteiger partial charge in [0.1, 0.15) is 5.75 Å². The van der Waals surface area contributed by atoms with Crippen molar-refractivity contribution in [2.45, 2.75) is 6.42 Å². The SMILES string of the molecule is COc1ccc(/C=C\C(=O)N2CCC=CC2=O)cc1. The summed E-state index contributed by atoms with van der Waals surface area (Å²) in [6, 6.07) is 7.33. The molecule has 0 saturated carbocycles. The van der Waals surface area contributed by atoms with E-state index in [1.165, 1.54) is 17.1 Å². The van der Waals surface area contributed by atoms with Crippen LogP contribution in [0.25, 0.3) is 6.08 Å². The molecule has 0 bridgehead atoms. The zero-order valence-corrected chi connectivity index (χ0v) is 10.7. The quantitative estimate of drug-likeness (QED) is 0.778. The summed E-state index contributed by atoms with van der Waals surface area (Å²) in [6.45, 7) is 0.446. The van der Waals surface area contributed by atoms with Gasteiger partial charge >= 0.3 is 0 Å². The van der Waals surface area contributed by atoms with Gasteiger partial charge in [0.2, 0.25) is 0 Å². The van der Waals surface area contributed by atoms with Crippen LogP contribution in [0.2, 0.25) is 0 Å². The molecule has 1 aliphatic heterocycles. The van der Waals surface area contributed by atoms with Gasteiger partial charge in [-0.15, -0.1) is 0 Å². The van der Waals surface area contributed by atoms with Crippen molar-refractivity contribution in [1.29, 1.82) is 0 Å². The molecule has 1 aliphatic rings. The number of amides is 2. The Balaban J connectivity index is 2.03. The Kier molecular flexibility index (Phi) is 4.13. The fourth-order valence-electron chi connectivity index (χ4n) is 1.78. The number of ether oxygens (including phenoxy) is 1. The van der Waals surface area contributed by atoms with E-state index in [0.717, 1.165) is 11.3 Å². The van der Waals surface area contributed by atoms with E-state index in [1.54, 1.807) is 19.3 Å². The summed E-state index contributed by atoms with van der Waals surface area (Å²) in [4.78, 5) is 24.6. The van der Waals surface area contributed by atoms with E-state index in [4.69, 9.17) is 4.74 Å². The minimum atomic E-state index is -0.287. The minimum absolute atomic E-state index is 0.254. The van der Waals surface area contributed by atoms with Crippen molar-refractivity contribution < 1.29 is 14.3 Å².